The van der Waals surface area contributed by atoms with E-state index in [0.29, 0.717) is 6.61 Å². The van der Waals surface area contributed by atoms with Gasteiger partial charge < -0.3 is 4.74 Å². The number of benzene rings is 1. The summed E-state index contributed by atoms with van der Waals surface area (Å²) in [6, 6.07) is 9.74. The van der Waals surface area contributed by atoms with Crippen molar-refractivity contribution in [2.45, 2.75) is 39.6 Å². The first-order valence-corrected chi connectivity index (χ1v) is 6.70. The molecule has 4 heteroatoms. The van der Waals surface area contributed by atoms with E-state index < -0.39 is 0 Å². The Kier molecular flexibility index (Phi) is 4.56. The summed E-state index contributed by atoms with van der Waals surface area (Å²) in [5.74, 6) is -0.0404. The monoisotopic (exact) mass is 263 g/mol. The molecule has 2 rings (SSSR count). The van der Waals surface area contributed by atoms with Gasteiger partial charge in [-0.25, -0.2) is 5.48 Å². The fourth-order valence-corrected chi connectivity index (χ4v) is 2.55. The predicted octanol–water partition coefficient (Wildman–Crippen LogP) is 2.29. The van der Waals surface area contributed by atoms with Gasteiger partial charge in [-0.15, -0.1) is 0 Å². The molecule has 1 saturated heterocycles. The second-order valence-corrected chi connectivity index (χ2v) is 5.17. The van der Waals surface area contributed by atoms with Crippen molar-refractivity contribution in [3.8, 4) is 0 Å². The summed E-state index contributed by atoms with van der Waals surface area (Å²) in [5, 5.41) is 0. The molecule has 4 unspecified atom stereocenters. The first kappa shape index (κ1) is 14.0. The lowest BCUT2D eigenvalue weighted by Crippen LogP contribution is -2.37. The van der Waals surface area contributed by atoms with E-state index in [4.69, 9.17) is 9.57 Å². The summed E-state index contributed by atoms with van der Waals surface area (Å²) >= 11 is 0. The fraction of sp³-hybridized carbons (Fsp3) is 0.533. The first-order chi connectivity index (χ1) is 9.09. The van der Waals surface area contributed by atoms with Gasteiger partial charge in [-0.1, -0.05) is 37.3 Å². The van der Waals surface area contributed by atoms with E-state index in [1.54, 1.807) is 0 Å². The Morgan fingerprint density at radius 2 is 1.89 bits per heavy atom. The lowest BCUT2D eigenvalue weighted by molar-refractivity contribution is -0.141. The van der Waals surface area contributed by atoms with Gasteiger partial charge in [-0.3, -0.25) is 9.63 Å². The van der Waals surface area contributed by atoms with Gasteiger partial charge in [0.15, 0.2) is 0 Å². The summed E-state index contributed by atoms with van der Waals surface area (Å²) in [5.41, 5.74) is 3.56. The van der Waals surface area contributed by atoms with Crippen LogP contribution in [-0.2, 0) is 21.0 Å². The molecule has 4 atom stereocenters. The van der Waals surface area contributed by atoms with Crippen LogP contribution in [-0.4, -0.2) is 18.1 Å². The van der Waals surface area contributed by atoms with Gasteiger partial charge in [0.1, 0.15) is 0 Å². The lowest BCUT2D eigenvalue weighted by Gasteiger charge is -2.17. The Hall–Kier alpha value is -1.39. The molecule has 19 heavy (non-hydrogen) atoms. The van der Waals surface area contributed by atoms with Crippen molar-refractivity contribution in [3.63, 3.8) is 0 Å². The number of carbonyl (C=O) groups is 1. The van der Waals surface area contributed by atoms with Crippen LogP contribution >= 0.6 is 0 Å². The van der Waals surface area contributed by atoms with E-state index in [9.17, 15) is 4.79 Å². The van der Waals surface area contributed by atoms with Crippen molar-refractivity contribution in [2.75, 3.05) is 0 Å². The van der Waals surface area contributed by atoms with Gasteiger partial charge in [-0.05, 0) is 25.3 Å². The molecule has 1 amide bonds. The maximum absolute atomic E-state index is 12.1. The van der Waals surface area contributed by atoms with Crippen LogP contribution in [0.4, 0.5) is 0 Å². The van der Waals surface area contributed by atoms with Crippen LogP contribution < -0.4 is 5.48 Å². The summed E-state index contributed by atoms with van der Waals surface area (Å²) in [6.07, 6.45) is 0.0465. The molecular formula is C15H21NO3. The van der Waals surface area contributed by atoms with Gasteiger partial charge in [-0.2, -0.15) is 0 Å². The van der Waals surface area contributed by atoms with Crippen molar-refractivity contribution < 1.29 is 14.4 Å². The number of amides is 1. The first-order valence-electron chi connectivity index (χ1n) is 6.70. The number of rotatable bonds is 4. The van der Waals surface area contributed by atoms with Crippen LogP contribution in [0.25, 0.3) is 0 Å². The quantitative estimate of drug-likeness (QED) is 0.848. The lowest BCUT2D eigenvalue weighted by atomic mass is 9.89. The average Bonchev–Trinajstić information content (AvgIpc) is 2.64. The Morgan fingerprint density at radius 3 is 2.47 bits per heavy atom. The maximum atomic E-state index is 12.1. The van der Waals surface area contributed by atoms with Gasteiger partial charge in [0.25, 0.3) is 0 Å². The van der Waals surface area contributed by atoms with Crippen LogP contribution in [0.2, 0.25) is 0 Å². The highest BCUT2D eigenvalue weighted by Crippen LogP contribution is 2.32. The highest BCUT2D eigenvalue weighted by atomic mass is 16.7. The molecule has 1 aliphatic rings. The van der Waals surface area contributed by atoms with E-state index in [0.717, 1.165) is 5.56 Å². The normalized spacial score (nSPS) is 30.3. The van der Waals surface area contributed by atoms with E-state index in [2.05, 4.69) is 5.48 Å². The smallest absolute Gasteiger partial charge is 0.249 e. The van der Waals surface area contributed by atoms with Crippen molar-refractivity contribution in [2.24, 2.45) is 11.8 Å². The molecule has 0 aliphatic carbocycles. The Balaban J connectivity index is 1.82. The molecule has 0 saturated carbocycles. The highest BCUT2D eigenvalue weighted by Gasteiger charge is 2.41. The Bertz CT molecular complexity index is 421. The molecule has 1 heterocycles. The third-order valence-electron chi connectivity index (χ3n) is 3.80. The minimum atomic E-state index is -0.147. The SMILES string of the molecule is CC1OC(C)C(C(=O)NOCc2ccccc2)C1C. The van der Waals surface area contributed by atoms with E-state index in [1.807, 2.05) is 51.1 Å². The van der Waals surface area contributed by atoms with Gasteiger partial charge in [0.2, 0.25) is 5.91 Å². The number of carbonyl (C=O) groups excluding carboxylic acids is 1. The summed E-state index contributed by atoms with van der Waals surface area (Å²) < 4.78 is 5.66. The van der Waals surface area contributed by atoms with E-state index in [-0.39, 0.29) is 30.0 Å². The van der Waals surface area contributed by atoms with Gasteiger partial charge in [0, 0.05) is 0 Å². The van der Waals surface area contributed by atoms with E-state index in [1.165, 1.54) is 0 Å². The molecule has 0 aromatic heterocycles. The number of hydrogen-bond donors (Lipinski definition) is 1. The number of hydroxylamine groups is 1. The standard InChI is InChI=1S/C15H21NO3/c1-10-11(2)19-12(3)14(10)15(17)16-18-9-13-7-5-4-6-8-13/h4-8,10-12,14H,9H2,1-3H3,(H,16,17). The second kappa shape index (κ2) is 6.17. The average molecular weight is 263 g/mol. The zero-order valence-electron chi connectivity index (χ0n) is 11.6. The zero-order valence-corrected chi connectivity index (χ0v) is 11.6. The number of nitrogens with one attached hydrogen (secondary N) is 1. The van der Waals surface area contributed by atoms with Crippen LogP contribution in [0.3, 0.4) is 0 Å². The largest absolute Gasteiger partial charge is 0.374 e. The Morgan fingerprint density at radius 1 is 1.21 bits per heavy atom. The minimum absolute atomic E-state index is 0.0645. The minimum Gasteiger partial charge on any atom is -0.374 e. The molecule has 0 spiro atoms. The van der Waals surface area contributed by atoms with Crippen molar-refractivity contribution in [3.05, 3.63) is 35.9 Å². The number of ether oxygens (including phenoxy) is 1. The summed E-state index contributed by atoms with van der Waals surface area (Å²) in [4.78, 5) is 17.4. The molecule has 1 N–H and O–H groups in total. The molecule has 0 bridgehead atoms. The van der Waals surface area contributed by atoms with Crippen LogP contribution in [0, 0.1) is 11.8 Å². The second-order valence-electron chi connectivity index (χ2n) is 5.17. The topological polar surface area (TPSA) is 47.6 Å². The van der Waals surface area contributed by atoms with Crippen LogP contribution in [0.1, 0.15) is 26.3 Å². The third kappa shape index (κ3) is 3.33. The summed E-state index contributed by atoms with van der Waals surface area (Å²) in [6.45, 7) is 6.34. The predicted molar refractivity (Wildman–Crippen MR) is 72.0 cm³/mol. The fourth-order valence-electron chi connectivity index (χ4n) is 2.55. The maximum Gasteiger partial charge on any atom is 0.249 e. The van der Waals surface area contributed by atoms with Gasteiger partial charge in [0.05, 0.1) is 24.7 Å². The summed E-state index contributed by atoms with van der Waals surface area (Å²) in [7, 11) is 0. The molecule has 1 aromatic rings. The molecule has 1 fully saturated rings. The van der Waals surface area contributed by atoms with Crippen molar-refractivity contribution in [1.29, 1.82) is 0 Å². The highest BCUT2D eigenvalue weighted by molar-refractivity contribution is 5.78. The molecule has 4 nitrogen and oxygen atoms in total. The number of hydrogen-bond acceptors (Lipinski definition) is 3. The third-order valence-corrected chi connectivity index (χ3v) is 3.80. The molecule has 104 valence electrons. The molecular weight excluding hydrogens is 242 g/mol. The molecule has 0 radical (unpaired) electrons. The van der Waals surface area contributed by atoms with Crippen LogP contribution in [0.15, 0.2) is 30.3 Å². The van der Waals surface area contributed by atoms with Crippen molar-refractivity contribution >= 4 is 5.91 Å². The Labute approximate surface area is 114 Å². The van der Waals surface area contributed by atoms with Crippen LogP contribution in [0.5, 0.6) is 0 Å². The van der Waals surface area contributed by atoms with E-state index >= 15 is 0 Å². The molecule has 1 aliphatic heterocycles. The zero-order chi connectivity index (χ0) is 13.8. The van der Waals surface area contributed by atoms with Crippen molar-refractivity contribution in [1.82, 2.24) is 5.48 Å². The molecule has 1 aromatic carbocycles. The van der Waals surface area contributed by atoms with Gasteiger partial charge >= 0.3 is 0 Å².